The van der Waals surface area contributed by atoms with Gasteiger partial charge in [0.25, 0.3) is 0 Å². The first kappa shape index (κ1) is 44.6. The van der Waals surface area contributed by atoms with Gasteiger partial charge in [-0.15, -0.1) is 0 Å². The van der Waals surface area contributed by atoms with Gasteiger partial charge < -0.3 is 5.32 Å². The summed E-state index contributed by atoms with van der Waals surface area (Å²) in [6.45, 7) is 0. The first-order chi connectivity index (χ1) is 35.7. The van der Waals surface area contributed by atoms with Crippen LogP contribution < -0.4 is 5.32 Å². The van der Waals surface area contributed by atoms with Crippen molar-refractivity contribution in [1.82, 2.24) is 9.97 Å². The maximum Gasteiger partial charge on any atom is 0.0975 e. The molecule has 0 bridgehead atoms. The van der Waals surface area contributed by atoms with Crippen molar-refractivity contribution >= 4 is 67.0 Å². The van der Waals surface area contributed by atoms with E-state index in [1.54, 1.807) is 5.57 Å². The van der Waals surface area contributed by atoms with Crippen LogP contribution in [0.3, 0.4) is 0 Å². The zero-order valence-corrected chi connectivity index (χ0v) is 42.3. The predicted octanol–water partition coefficient (Wildman–Crippen LogP) is 19.3. The van der Waals surface area contributed by atoms with E-state index < -0.39 is 0 Å². The molecule has 1 aliphatic heterocycles. The molecule has 0 spiro atoms. The van der Waals surface area contributed by atoms with Gasteiger partial charge in [-0.3, -0.25) is 9.98 Å². The van der Waals surface area contributed by atoms with Crippen LogP contribution >= 0.6 is 0 Å². The second kappa shape index (κ2) is 19.0. The number of aromatic nitrogens is 2. The lowest BCUT2D eigenvalue weighted by atomic mass is 9.77. The molecule has 14 rings (SSSR count). The van der Waals surface area contributed by atoms with Gasteiger partial charge in [-0.1, -0.05) is 161 Å². The average molecular weight is 943 g/mol. The minimum Gasteiger partial charge on any atom is -0.371 e. The number of benzene rings is 7. The summed E-state index contributed by atoms with van der Waals surface area (Å²) in [7, 11) is 0. The molecule has 1 unspecified atom stereocenters. The van der Waals surface area contributed by atoms with Gasteiger partial charge in [0, 0.05) is 33.5 Å². The largest absolute Gasteiger partial charge is 0.371 e. The van der Waals surface area contributed by atoms with Crippen molar-refractivity contribution in [2.75, 3.05) is 5.32 Å². The van der Waals surface area contributed by atoms with E-state index in [0.29, 0.717) is 23.7 Å². The summed E-state index contributed by atoms with van der Waals surface area (Å²) in [6.07, 6.45) is 35.7. The quantitative estimate of drug-likeness (QED) is 0.162. The molecule has 0 saturated heterocycles. The number of anilines is 1. The highest BCUT2D eigenvalue weighted by Crippen LogP contribution is 2.49. The van der Waals surface area contributed by atoms with E-state index in [1.165, 1.54) is 217 Å². The topological polar surface area (TPSA) is 50.2 Å². The summed E-state index contributed by atoms with van der Waals surface area (Å²) in [5.41, 5.74) is 19.0. The Bertz CT molecular complexity index is 3440. The Kier molecular flexibility index (Phi) is 11.8. The molecule has 1 atom stereocenters. The fourth-order valence-electron chi connectivity index (χ4n) is 14.9. The number of nitrogens with zero attached hydrogens (tertiary/aromatic N) is 3. The maximum atomic E-state index is 5.66. The Labute approximate surface area is 426 Å². The number of allylic oxidation sites excluding steroid dienone is 1. The van der Waals surface area contributed by atoms with E-state index >= 15 is 0 Å². The molecule has 0 amide bonds. The molecule has 362 valence electrons. The summed E-state index contributed by atoms with van der Waals surface area (Å²) < 4.78 is 0. The third-order valence-corrected chi connectivity index (χ3v) is 18.9. The standard InChI is InChI=1S/C68H70N4/c1-5-15-43(16-6-1)49-27-31-55-57-33-29-51(45-19-9-3-10-20-45)39-61(57)67-65(59(55)37-49)69-41-63(71-67)53-25-13-23-47(35-53)48-24-14-26-54(36-48)64-42-70-66-60-38-50(44-17-7-2-8-18-44)28-32-56(60)58-34-30-52(40-62(58)68(66)72-64)46-21-11-4-12-22-46/h13-14,23-29,31-33,35-46,63,71H,1-12,15-22,30,34H2. The SMILES string of the molecule is C1=Nc2c(c3cc(C4CCCCC4)ccc3c3ccc(C4CCCCC4)cc23)NC1c1cccc(-c2cccc(-c3cnc4c(n3)c3c(c5ccc(C6CCCCC6)cc54)CCC(C4CCCCC4)=C3)c2)c1. The van der Waals surface area contributed by atoms with Crippen molar-refractivity contribution in [3.63, 3.8) is 0 Å². The summed E-state index contributed by atoms with van der Waals surface area (Å²) in [5, 5.41) is 12.1. The van der Waals surface area contributed by atoms with E-state index in [4.69, 9.17) is 15.0 Å². The number of rotatable bonds is 7. The molecule has 1 aromatic heterocycles. The van der Waals surface area contributed by atoms with E-state index in [1.807, 2.05) is 0 Å². The first-order valence-electron chi connectivity index (χ1n) is 28.7. The second-order valence-electron chi connectivity index (χ2n) is 23.1. The molecule has 4 nitrogen and oxygen atoms in total. The Hall–Kier alpha value is -6.13. The van der Waals surface area contributed by atoms with Gasteiger partial charge >= 0.3 is 0 Å². The summed E-state index contributed by atoms with van der Waals surface area (Å²) >= 11 is 0. The number of aliphatic imine (C=N–C) groups is 1. The molecule has 5 aliphatic carbocycles. The van der Waals surface area contributed by atoms with Crippen molar-refractivity contribution in [2.24, 2.45) is 10.9 Å². The van der Waals surface area contributed by atoms with Crippen molar-refractivity contribution in [3.8, 4) is 22.4 Å². The molecule has 4 saturated carbocycles. The lowest BCUT2D eigenvalue weighted by Gasteiger charge is -2.29. The highest BCUT2D eigenvalue weighted by Gasteiger charge is 2.28. The zero-order chi connectivity index (χ0) is 47.5. The predicted molar refractivity (Wildman–Crippen MR) is 304 cm³/mol. The van der Waals surface area contributed by atoms with Crippen molar-refractivity contribution in [1.29, 1.82) is 0 Å². The Morgan fingerprint density at radius 1 is 0.431 bits per heavy atom. The Morgan fingerprint density at radius 3 is 1.65 bits per heavy atom. The molecule has 0 radical (unpaired) electrons. The average Bonchev–Trinajstić information content (AvgIpc) is 3.47. The van der Waals surface area contributed by atoms with Crippen LogP contribution in [0.15, 0.2) is 120 Å². The number of aryl methyl sites for hydroxylation is 1. The van der Waals surface area contributed by atoms with E-state index in [9.17, 15) is 0 Å². The van der Waals surface area contributed by atoms with Crippen molar-refractivity contribution < 1.29 is 0 Å². The number of nitrogens with one attached hydrogen (secondary N) is 1. The van der Waals surface area contributed by atoms with Crippen molar-refractivity contribution in [3.05, 3.63) is 148 Å². The van der Waals surface area contributed by atoms with Crippen LogP contribution in [0.4, 0.5) is 11.4 Å². The normalized spacial score (nSPS) is 20.4. The molecule has 8 aromatic rings. The molecule has 6 aliphatic rings. The molecule has 4 fully saturated rings. The lowest BCUT2D eigenvalue weighted by Crippen LogP contribution is -2.16. The van der Waals surface area contributed by atoms with Crippen LogP contribution in [-0.4, -0.2) is 16.2 Å². The summed E-state index contributed by atoms with van der Waals surface area (Å²) in [4.78, 5) is 16.5. The minimum absolute atomic E-state index is 0.0568. The summed E-state index contributed by atoms with van der Waals surface area (Å²) in [6, 6.07) is 40.3. The smallest absolute Gasteiger partial charge is 0.0975 e. The van der Waals surface area contributed by atoms with Crippen molar-refractivity contribution in [2.45, 2.75) is 165 Å². The number of hydrogen-bond donors (Lipinski definition) is 1. The number of fused-ring (bicyclic) bond motifs is 12. The van der Waals surface area contributed by atoms with Crippen LogP contribution in [0.1, 0.15) is 192 Å². The zero-order valence-electron chi connectivity index (χ0n) is 42.3. The van der Waals surface area contributed by atoms with Gasteiger partial charge in [-0.05, 0) is 173 Å². The molecule has 4 heteroatoms. The summed E-state index contributed by atoms with van der Waals surface area (Å²) in [5.74, 6) is 2.64. The Balaban J connectivity index is 0.826. The van der Waals surface area contributed by atoms with Crippen LogP contribution in [0.5, 0.6) is 0 Å². The van der Waals surface area contributed by atoms with Crippen LogP contribution in [0, 0.1) is 5.92 Å². The maximum absolute atomic E-state index is 5.66. The third kappa shape index (κ3) is 8.16. The minimum atomic E-state index is -0.0568. The molecule has 1 N–H and O–H groups in total. The molecular weight excluding hydrogens is 873 g/mol. The molecule has 2 heterocycles. The van der Waals surface area contributed by atoms with Gasteiger partial charge in [0.15, 0.2) is 0 Å². The first-order valence-corrected chi connectivity index (χ1v) is 28.7. The lowest BCUT2D eigenvalue weighted by molar-refractivity contribution is 0.396. The van der Waals surface area contributed by atoms with Gasteiger partial charge in [0.2, 0.25) is 0 Å². The molecule has 7 aromatic carbocycles. The molecular formula is C68H70N4. The second-order valence-corrected chi connectivity index (χ2v) is 23.1. The van der Waals surface area contributed by atoms with E-state index in [2.05, 4.69) is 127 Å². The van der Waals surface area contributed by atoms with Crippen LogP contribution in [0.2, 0.25) is 0 Å². The number of hydrogen-bond acceptors (Lipinski definition) is 4. The highest BCUT2D eigenvalue weighted by atomic mass is 15.0. The van der Waals surface area contributed by atoms with E-state index in [-0.39, 0.29) is 6.04 Å². The van der Waals surface area contributed by atoms with Crippen LogP contribution in [-0.2, 0) is 6.42 Å². The van der Waals surface area contributed by atoms with Gasteiger partial charge in [0.1, 0.15) is 0 Å². The Morgan fingerprint density at radius 2 is 0.986 bits per heavy atom. The van der Waals surface area contributed by atoms with Gasteiger partial charge in [0.05, 0.1) is 40.3 Å². The van der Waals surface area contributed by atoms with E-state index in [0.717, 1.165) is 34.4 Å². The molecule has 72 heavy (non-hydrogen) atoms. The van der Waals surface area contributed by atoms with Gasteiger partial charge in [-0.2, -0.15) is 0 Å². The van der Waals surface area contributed by atoms with Gasteiger partial charge in [-0.25, -0.2) is 4.98 Å². The fourth-order valence-corrected chi connectivity index (χ4v) is 14.9. The van der Waals surface area contributed by atoms with Crippen LogP contribution in [0.25, 0.3) is 71.8 Å². The monoisotopic (exact) mass is 943 g/mol. The fraction of sp³-hybridized carbons (Fsp3) is 0.397. The highest BCUT2D eigenvalue weighted by molar-refractivity contribution is 6.21. The third-order valence-electron chi connectivity index (χ3n) is 18.9.